The topological polar surface area (TPSA) is 28.7 Å². The summed E-state index contributed by atoms with van der Waals surface area (Å²) in [6.07, 6.45) is 0. The molecule has 0 radical (unpaired) electrons. The van der Waals surface area contributed by atoms with Crippen molar-refractivity contribution in [1.82, 2.24) is 10.2 Å². The van der Waals surface area contributed by atoms with Crippen molar-refractivity contribution < 1.29 is 4.39 Å². The minimum Gasteiger partial charge on any atom is -0.271 e. The summed E-state index contributed by atoms with van der Waals surface area (Å²) in [6, 6.07) is 5.99. The Kier molecular flexibility index (Phi) is 2.56. The Hall–Kier alpha value is -0.870. The quantitative estimate of drug-likeness (QED) is 0.846. The summed E-state index contributed by atoms with van der Waals surface area (Å²) >= 11 is 9.10. The van der Waals surface area contributed by atoms with E-state index in [-0.39, 0.29) is 5.82 Å². The predicted molar refractivity (Wildman–Crippen MR) is 56.7 cm³/mol. The van der Waals surface area contributed by atoms with E-state index in [9.17, 15) is 4.39 Å². The molecule has 1 aromatic carbocycles. The Bertz CT molecular complexity index is 470. The maximum Gasteiger partial charge on any atom is 0.124 e. The number of aromatic nitrogens is 2. The van der Waals surface area contributed by atoms with Crippen LogP contribution in [0.2, 0.25) is 5.02 Å². The van der Waals surface area contributed by atoms with Crippen LogP contribution in [0.5, 0.6) is 0 Å². The zero-order chi connectivity index (χ0) is 10.1. The van der Waals surface area contributed by atoms with Crippen LogP contribution in [0, 0.1) is 5.82 Å². The highest BCUT2D eigenvalue weighted by Crippen LogP contribution is 2.28. The van der Waals surface area contributed by atoms with Crippen molar-refractivity contribution in [2.24, 2.45) is 0 Å². The number of aromatic amines is 1. The van der Waals surface area contributed by atoms with E-state index in [2.05, 4.69) is 26.1 Å². The fourth-order valence-corrected chi connectivity index (χ4v) is 1.70. The lowest BCUT2D eigenvalue weighted by Crippen LogP contribution is -1.81. The van der Waals surface area contributed by atoms with E-state index in [1.807, 2.05) is 0 Å². The molecule has 2 nitrogen and oxygen atoms in total. The fraction of sp³-hybridized carbons (Fsp3) is 0. The molecule has 0 aliphatic rings. The fourth-order valence-electron chi connectivity index (χ4n) is 1.13. The van der Waals surface area contributed by atoms with Crippen LogP contribution in [-0.2, 0) is 0 Å². The van der Waals surface area contributed by atoms with Crippen LogP contribution in [0.15, 0.2) is 28.9 Å². The molecule has 0 aliphatic carbocycles. The normalized spacial score (nSPS) is 10.5. The molecule has 1 N–H and O–H groups in total. The molecule has 5 heteroatoms. The summed E-state index contributed by atoms with van der Waals surface area (Å²) < 4.78 is 13.5. The Labute approximate surface area is 93.2 Å². The van der Waals surface area contributed by atoms with Crippen LogP contribution in [0.3, 0.4) is 0 Å². The summed E-state index contributed by atoms with van der Waals surface area (Å²) in [7, 11) is 0. The van der Waals surface area contributed by atoms with Crippen LogP contribution in [0.25, 0.3) is 11.3 Å². The zero-order valence-electron chi connectivity index (χ0n) is 6.89. The van der Waals surface area contributed by atoms with Gasteiger partial charge in [0.15, 0.2) is 0 Å². The van der Waals surface area contributed by atoms with Gasteiger partial charge in [-0.2, -0.15) is 5.10 Å². The highest BCUT2D eigenvalue weighted by atomic mass is 79.9. The second-order valence-corrected chi connectivity index (χ2v) is 3.99. The van der Waals surface area contributed by atoms with E-state index in [1.165, 1.54) is 12.1 Å². The van der Waals surface area contributed by atoms with E-state index < -0.39 is 0 Å². The molecule has 1 heterocycles. The van der Waals surface area contributed by atoms with E-state index in [0.717, 1.165) is 4.60 Å². The van der Waals surface area contributed by atoms with Gasteiger partial charge in [0.05, 0.1) is 10.7 Å². The number of rotatable bonds is 1. The molecular formula is C9H5BrClFN2. The number of benzene rings is 1. The van der Waals surface area contributed by atoms with Crippen molar-refractivity contribution in [2.75, 3.05) is 0 Å². The summed E-state index contributed by atoms with van der Waals surface area (Å²) in [5.41, 5.74) is 1.39. The molecule has 72 valence electrons. The van der Waals surface area contributed by atoms with E-state index in [1.54, 1.807) is 12.1 Å². The molecule has 14 heavy (non-hydrogen) atoms. The average molecular weight is 276 g/mol. The maximum atomic E-state index is 12.7. The van der Waals surface area contributed by atoms with Gasteiger partial charge >= 0.3 is 0 Å². The van der Waals surface area contributed by atoms with Crippen LogP contribution in [0.4, 0.5) is 4.39 Å². The third kappa shape index (κ3) is 1.81. The Balaban J connectivity index is 2.52. The van der Waals surface area contributed by atoms with E-state index >= 15 is 0 Å². The Morgan fingerprint density at radius 3 is 2.71 bits per heavy atom. The predicted octanol–water partition coefficient (Wildman–Crippen LogP) is 3.63. The van der Waals surface area contributed by atoms with Gasteiger partial charge in [-0.1, -0.05) is 11.6 Å². The second-order valence-electron chi connectivity index (χ2n) is 2.73. The largest absolute Gasteiger partial charge is 0.271 e. The first-order valence-corrected chi connectivity index (χ1v) is 5.00. The minimum absolute atomic E-state index is 0.351. The third-order valence-corrected chi connectivity index (χ3v) is 2.47. The zero-order valence-corrected chi connectivity index (χ0v) is 9.23. The highest BCUT2D eigenvalue weighted by molar-refractivity contribution is 9.10. The molecule has 2 aromatic rings. The van der Waals surface area contributed by atoms with Gasteiger partial charge in [-0.15, -0.1) is 0 Å². The molecule has 2 rings (SSSR count). The number of hydrogen-bond donors (Lipinski definition) is 1. The lowest BCUT2D eigenvalue weighted by Gasteiger charge is -1.99. The van der Waals surface area contributed by atoms with E-state index in [0.29, 0.717) is 16.3 Å². The number of nitrogens with zero attached hydrogens (tertiary/aromatic N) is 1. The van der Waals surface area contributed by atoms with Crippen molar-refractivity contribution in [3.8, 4) is 11.3 Å². The molecule has 1 aromatic heterocycles. The smallest absolute Gasteiger partial charge is 0.124 e. The first-order valence-electron chi connectivity index (χ1n) is 3.83. The molecule has 0 amide bonds. The number of halogens is 3. The summed E-state index contributed by atoms with van der Waals surface area (Å²) in [6.45, 7) is 0. The van der Waals surface area contributed by atoms with Crippen molar-refractivity contribution in [3.63, 3.8) is 0 Å². The SMILES string of the molecule is Fc1ccc(-c2cc(Br)[nH]n2)c(Cl)c1. The number of nitrogens with one attached hydrogen (secondary N) is 1. The van der Waals surface area contributed by atoms with Gasteiger partial charge in [-0.05, 0) is 40.2 Å². The van der Waals surface area contributed by atoms with Crippen molar-refractivity contribution in [1.29, 1.82) is 0 Å². The van der Waals surface area contributed by atoms with Crippen molar-refractivity contribution >= 4 is 27.5 Å². The van der Waals surface area contributed by atoms with Crippen LogP contribution in [0.1, 0.15) is 0 Å². The van der Waals surface area contributed by atoms with Gasteiger partial charge in [0, 0.05) is 5.56 Å². The number of hydrogen-bond acceptors (Lipinski definition) is 1. The van der Waals surface area contributed by atoms with Crippen molar-refractivity contribution in [3.05, 3.63) is 39.7 Å². The third-order valence-electron chi connectivity index (χ3n) is 1.75. The second kappa shape index (κ2) is 3.71. The number of H-pyrrole nitrogens is 1. The minimum atomic E-state index is -0.353. The highest BCUT2D eigenvalue weighted by Gasteiger charge is 2.07. The molecule has 0 bridgehead atoms. The van der Waals surface area contributed by atoms with Gasteiger partial charge in [0.2, 0.25) is 0 Å². The molecule has 0 spiro atoms. The van der Waals surface area contributed by atoms with Gasteiger partial charge in [-0.25, -0.2) is 4.39 Å². The molecule has 0 unspecified atom stereocenters. The van der Waals surface area contributed by atoms with Crippen LogP contribution < -0.4 is 0 Å². The van der Waals surface area contributed by atoms with Gasteiger partial charge in [0.25, 0.3) is 0 Å². The summed E-state index contributed by atoms with van der Waals surface area (Å²) in [5, 5.41) is 7.07. The van der Waals surface area contributed by atoms with E-state index in [4.69, 9.17) is 11.6 Å². The van der Waals surface area contributed by atoms with Crippen LogP contribution >= 0.6 is 27.5 Å². The summed E-state index contributed by atoms with van der Waals surface area (Å²) in [5.74, 6) is -0.353. The van der Waals surface area contributed by atoms with Crippen LogP contribution in [-0.4, -0.2) is 10.2 Å². The lowest BCUT2D eigenvalue weighted by molar-refractivity contribution is 0.628. The first-order chi connectivity index (χ1) is 6.66. The maximum absolute atomic E-state index is 12.7. The molecule has 0 saturated heterocycles. The molecule has 0 atom stereocenters. The summed E-state index contributed by atoms with van der Waals surface area (Å²) in [4.78, 5) is 0. The van der Waals surface area contributed by atoms with Gasteiger partial charge < -0.3 is 0 Å². The van der Waals surface area contributed by atoms with Crippen molar-refractivity contribution in [2.45, 2.75) is 0 Å². The lowest BCUT2D eigenvalue weighted by atomic mass is 10.1. The Morgan fingerprint density at radius 1 is 1.36 bits per heavy atom. The molecule has 0 aliphatic heterocycles. The molecular weight excluding hydrogens is 270 g/mol. The standard InChI is InChI=1S/C9H5BrClFN2/c10-9-4-8(13-14-9)6-2-1-5(12)3-7(6)11/h1-4H,(H,13,14). The molecule has 0 fully saturated rings. The van der Waals surface area contributed by atoms with Gasteiger partial charge in [0.1, 0.15) is 10.4 Å². The monoisotopic (exact) mass is 274 g/mol. The van der Waals surface area contributed by atoms with Gasteiger partial charge in [-0.3, -0.25) is 5.10 Å². The first kappa shape index (κ1) is 9.68. The average Bonchev–Trinajstić information content (AvgIpc) is 2.51. The Morgan fingerprint density at radius 2 is 2.14 bits per heavy atom. The molecule has 0 saturated carbocycles.